The van der Waals surface area contributed by atoms with Gasteiger partial charge < -0.3 is 33.8 Å². The normalized spacial score (nSPS) is 13.9. The molecule has 0 spiro atoms. The second-order valence-electron chi connectivity index (χ2n) is 26.3. The number of hydrogen-bond acceptors (Lipinski definition) is 15. The predicted octanol–water partition coefficient (Wildman–Crippen LogP) is 21.4. The molecule has 0 aromatic rings. The van der Waals surface area contributed by atoms with E-state index in [0.29, 0.717) is 25.7 Å². The van der Waals surface area contributed by atoms with Crippen LogP contribution in [-0.4, -0.2) is 96.7 Å². The molecule has 92 heavy (non-hydrogen) atoms. The number of aliphatic hydroxyl groups is 1. The molecule has 546 valence electrons. The third kappa shape index (κ3) is 66.7. The highest BCUT2D eigenvalue weighted by atomic mass is 31.2. The summed E-state index contributed by atoms with van der Waals surface area (Å²) in [6.45, 7) is 4.91. The van der Waals surface area contributed by atoms with E-state index >= 15 is 0 Å². The first-order chi connectivity index (χ1) is 44.7. The SMILES string of the molecule is CCCCCCCCCCCCCCCCCCCCCCC(=O)O[C@H](COC(=O)CCCCCCCCCCCCCCCCCC)COP(=O)(O)OC[C@@H](O)COP(=O)(O)OC[C@@H](COC(=O)CCCCCCCCC)OC(=O)CCCCCCCCCCC. The number of esters is 4. The lowest BCUT2D eigenvalue weighted by Crippen LogP contribution is -2.30. The van der Waals surface area contributed by atoms with E-state index in [1.54, 1.807) is 0 Å². The second-order valence-corrected chi connectivity index (χ2v) is 29.2. The van der Waals surface area contributed by atoms with Gasteiger partial charge in [-0.3, -0.25) is 37.3 Å². The van der Waals surface area contributed by atoms with Gasteiger partial charge in [-0.25, -0.2) is 9.13 Å². The highest BCUT2D eigenvalue weighted by molar-refractivity contribution is 7.47. The minimum Gasteiger partial charge on any atom is -0.462 e. The van der Waals surface area contributed by atoms with Crippen LogP contribution in [-0.2, 0) is 65.4 Å². The topological polar surface area (TPSA) is 237 Å². The van der Waals surface area contributed by atoms with Crippen molar-refractivity contribution < 1.29 is 80.2 Å². The van der Waals surface area contributed by atoms with E-state index in [2.05, 4.69) is 27.7 Å². The number of carbonyl (C=O) groups excluding carboxylic acids is 4. The van der Waals surface area contributed by atoms with E-state index in [1.807, 2.05) is 0 Å². The van der Waals surface area contributed by atoms with Crippen molar-refractivity contribution in [2.45, 2.75) is 406 Å². The molecule has 0 aliphatic rings. The first kappa shape index (κ1) is 90.1. The molecule has 0 rings (SSSR count). The van der Waals surface area contributed by atoms with Crippen LogP contribution in [0.5, 0.6) is 0 Å². The van der Waals surface area contributed by atoms with Gasteiger partial charge in [-0.2, -0.15) is 0 Å². The van der Waals surface area contributed by atoms with Crippen molar-refractivity contribution in [2.75, 3.05) is 39.6 Å². The first-order valence-electron chi connectivity index (χ1n) is 38.3. The summed E-state index contributed by atoms with van der Waals surface area (Å²) in [5, 5.41) is 10.6. The number of aliphatic hydroxyl groups excluding tert-OH is 1. The Balaban J connectivity index is 5.15. The number of rotatable bonds is 74. The summed E-state index contributed by atoms with van der Waals surface area (Å²) in [6.07, 6.45) is 57.1. The summed E-state index contributed by atoms with van der Waals surface area (Å²) in [6, 6.07) is 0. The van der Waals surface area contributed by atoms with Crippen molar-refractivity contribution in [1.82, 2.24) is 0 Å². The van der Waals surface area contributed by atoms with Gasteiger partial charge in [-0.15, -0.1) is 0 Å². The Labute approximate surface area is 562 Å². The largest absolute Gasteiger partial charge is 0.472 e. The fraction of sp³-hybridized carbons (Fsp3) is 0.945. The van der Waals surface area contributed by atoms with Crippen molar-refractivity contribution in [2.24, 2.45) is 0 Å². The Morgan fingerprint density at radius 2 is 0.435 bits per heavy atom. The zero-order valence-corrected chi connectivity index (χ0v) is 61.3. The first-order valence-corrected chi connectivity index (χ1v) is 41.3. The summed E-state index contributed by atoms with van der Waals surface area (Å²) >= 11 is 0. The number of unbranched alkanes of at least 4 members (excludes halogenated alkanes) is 48. The van der Waals surface area contributed by atoms with Crippen LogP contribution in [0.3, 0.4) is 0 Å². The van der Waals surface area contributed by atoms with Crippen molar-refractivity contribution in [3.05, 3.63) is 0 Å². The van der Waals surface area contributed by atoms with Crippen molar-refractivity contribution in [1.29, 1.82) is 0 Å². The molecule has 0 fully saturated rings. The number of phosphoric ester groups is 2. The average Bonchev–Trinajstić information content (AvgIpc) is 2.65. The van der Waals surface area contributed by atoms with E-state index < -0.39 is 97.5 Å². The fourth-order valence-electron chi connectivity index (χ4n) is 11.2. The van der Waals surface area contributed by atoms with Crippen LogP contribution < -0.4 is 0 Å². The number of ether oxygens (including phenoxy) is 4. The Bertz CT molecular complexity index is 1760. The van der Waals surface area contributed by atoms with Gasteiger partial charge in [0.15, 0.2) is 12.2 Å². The summed E-state index contributed by atoms with van der Waals surface area (Å²) in [4.78, 5) is 72.4. The van der Waals surface area contributed by atoms with Crippen LogP contribution >= 0.6 is 15.6 Å². The molecule has 2 unspecified atom stereocenters. The number of carbonyl (C=O) groups is 4. The molecule has 0 aliphatic carbocycles. The molecule has 0 bridgehead atoms. The van der Waals surface area contributed by atoms with Gasteiger partial charge in [0.2, 0.25) is 0 Å². The molecule has 0 radical (unpaired) electrons. The van der Waals surface area contributed by atoms with Crippen LogP contribution in [0.25, 0.3) is 0 Å². The molecule has 3 N–H and O–H groups in total. The Morgan fingerprint density at radius 1 is 0.261 bits per heavy atom. The lowest BCUT2D eigenvalue weighted by molar-refractivity contribution is -0.161. The summed E-state index contributed by atoms with van der Waals surface area (Å²) in [7, 11) is -9.89. The van der Waals surface area contributed by atoms with Gasteiger partial charge in [0.05, 0.1) is 26.4 Å². The third-order valence-corrected chi connectivity index (χ3v) is 19.0. The third-order valence-electron chi connectivity index (χ3n) is 17.1. The Kier molecular flexibility index (Phi) is 66.2. The maximum absolute atomic E-state index is 13.1. The fourth-order valence-corrected chi connectivity index (χ4v) is 12.8. The summed E-state index contributed by atoms with van der Waals surface area (Å²) in [5.74, 6) is -2.12. The zero-order chi connectivity index (χ0) is 67.5. The molecule has 19 heteroatoms. The van der Waals surface area contributed by atoms with Crippen LogP contribution in [0.4, 0.5) is 0 Å². The van der Waals surface area contributed by atoms with E-state index in [1.165, 1.54) is 205 Å². The predicted molar refractivity (Wildman–Crippen MR) is 372 cm³/mol. The van der Waals surface area contributed by atoms with Gasteiger partial charge in [0, 0.05) is 25.7 Å². The highest BCUT2D eigenvalue weighted by Gasteiger charge is 2.30. The molecular formula is C73H142O17P2. The molecule has 0 heterocycles. The average molecular weight is 1350 g/mol. The number of hydrogen-bond donors (Lipinski definition) is 3. The molecule has 0 aliphatic heterocycles. The minimum atomic E-state index is -4.95. The summed E-state index contributed by atoms with van der Waals surface area (Å²) < 4.78 is 68.2. The minimum absolute atomic E-state index is 0.106. The van der Waals surface area contributed by atoms with Crippen LogP contribution in [0.15, 0.2) is 0 Å². The quantitative estimate of drug-likeness (QED) is 0.0222. The molecule has 5 atom stereocenters. The molecule has 0 amide bonds. The summed E-state index contributed by atoms with van der Waals surface area (Å²) in [5.41, 5.74) is 0. The van der Waals surface area contributed by atoms with Gasteiger partial charge in [-0.1, -0.05) is 336 Å². The Morgan fingerprint density at radius 3 is 0.641 bits per heavy atom. The molecular weight excluding hydrogens is 1210 g/mol. The van der Waals surface area contributed by atoms with Gasteiger partial charge in [0.1, 0.15) is 19.3 Å². The van der Waals surface area contributed by atoms with Crippen molar-refractivity contribution in [3.8, 4) is 0 Å². The standard InChI is InChI=1S/C73H142O17P2/c1-5-9-13-17-21-24-26-28-30-32-33-34-35-37-39-41-44-48-52-56-60-73(78)90-69(64-84-71(76)58-54-50-46-43-40-38-36-31-29-27-25-22-18-14-10-6-2)66-88-92(81,82)86-62-67(74)61-85-91(79,80)87-65-68(63-83-70(75)57-53-49-45-20-16-12-8-4)89-72(77)59-55-51-47-42-23-19-15-11-7-3/h67-69,74H,5-66H2,1-4H3,(H,79,80)(H,81,82)/t67-,68+,69+/m0/s1. The maximum atomic E-state index is 13.1. The van der Waals surface area contributed by atoms with Crippen LogP contribution in [0, 0.1) is 0 Å². The van der Waals surface area contributed by atoms with Crippen LogP contribution in [0.2, 0.25) is 0 Å². The van der Waals surface area contributed by atoms with Crippen molar-refractivity contribution >= 4 is 39.5 Å². The van der Waals surface area contributed by atoms with E-state index in [4.69, 9.17) is 37.0 Å². The second kappa shape index (κ2) is 67.6. The van der Waals surface area contributed by atoms with Crippen LogP contribution in [0.1, 0.15) is 387 Å². The van der Waals surface area contributed by atoms with Crippen molar-refractivity contribution in [3.63, 3.8) is 0 Å². The monoisotopic (exact) mass is 1350 g/mol. The lowest BCUT2D eigenvalue weighted by Gasteiger charge is -2.21. The maximum Gasteiger partial charge on any atom is 0.472 e. The van der Waals surface area contributed by atoms with Gasteiger partial charge >= 0.3 is 39.5 Å². The highest BCUT2D eigenvalue weighted by Crippen LogP contribution is 2.45. The zero-order valence-electron chi connectivity index (χ0n) is 59.5. The van der Waals surface area contributed by atoms with E-state index in [9.17, 15) is 43.2 Å². The van der Waals surface area contributed by atoms with E-state index in [0.717, 1.165) is 103 Å². The van der Waals surface area contributed by atoms with Gasteiger partial charge in [0.25, 0.3) is 0 Å². The molecule has 0 aromatic heterocycles. The molecule has 17 nitrogen and oxygen atoms in total. The smallest absolute Gasteiger partial charge is 0.462 e. The van der Waals surface area contributed by atoms with Gasteiger partial charge in [-0.05, 0) is 25.7 Å². The molecule has 0 saturated carbocycles. The molecule has 0 aromatic carbocycles. The lowest BCUT2D eigenvalue weighted by atomic mass is 10.0. The number of phosphoric acid groups is 2. The van der Waals surface area contributed by atoms with E-state index in [-0.39, 0.29) is 25.7 Å². The molecule has 0 saturated heterocycles. The Hall–Kier alpha value is -1.94.